The normalized spacial score (nSPS) is 11.1. The quantitative estimate of drug-likeness (QED) is 0.555. The first kappa shape index (κ1) is 14.7. The van der Waals surface area contributed by atoms with Crippen LogP contribution in [0.1, 0.15) is 51.0 Å². The average Bonchev–Trinajstić information content (AvgIpc) is 2.45. The Bertz CT molecular complexity index is 561. The fourth-order valence-electron chi connectivity index (χ4n) is 2.76. The van der Waals surface area contributed by atoms with Crippen LogP contribution >= 0.6 is 0 Å². The number of aryl methyl sites for hydroxylation is 1. The molecule has 2 aromatic rings. The van der Waals surface area contributed by atoms with Crippen molar-refractivity contribution < 1.29 is 0 Å². The van der Waals surface area contributed by atoms with Crippen LogP contribution in [0.3, 0.4) is 0 Å². The molecule has 20 heavy (non-hydrogen) atoms. The van der Waals surface area contributed by atoms with Crippen LogP contribution in [0.25, 0.3) is 10.8 Å². The Kier molecular flexibility index (Phi) is 5.28. The fraction of sp³-hybridized carbons (Fsp3) is 0.444. The van der Waals surface area contributed by atoms with Gasteiger partial charge in [-0.05, 0) is 24.5 Å². The van der Waals surface area contributed by atoms with E-state index < -0.39 is 0 Å². The molecule has 0 saturated carbocycles. The standard InChI is InChI=1S/C18H26N2/c1-2-3-4-5-6-7-9-14-12-13-15-16(18(14)20)10-8-11-17(15)19/h8,10-13H,2-7,9,19-20H2,1H3. The summed E-state index contributed by atoms with van der Waals surface area (Å²) < 4.78 is 0. The van der Waals surface area contributed by atoms with Gasteiger partial charge < -0.3 is 11.5 Å². The van der Waals surface area contributed by atoms with Gasteiger partial charge in [-0.2, -0.15) is 0 Å². The van der Waals surface area contributed by atoms with E-state index in [9.17, 15) is 0 Å². The first-order chi connectivity index (χ1) is 9.74. The van der Waals surface area contributed by atoms with Crippen LogP contribution in [0.2, 0.25) is 0 Å². The highest BCUT2D eigenvalue weighted by Gasteiger charge is 2.06. The Morgan fingerprint density at radius 2 is 1.55 bits per heavy atom. The van der Waals surface area contributed by atoms with Gasteiger partial charge in [0.2, 0.25) is 0 Å². The number of hydrogen-bond acceptors (Lipinski definition) is 2. The summed E-state index contributed by atoms with van der Waals surface area (Å²) in [6.45, 7) is 2.25. The van der Waals surface area contributed by atoms with E-state index >= 15 is 0 Å². The average molecular weight is 270 g/mol. The summed E-state index contributed by atoms with van der Waals surface area (Å²) >= 11 is 0. The van der Waals surface area contributed by atoms with Crippen molar-refractivity contribution in [2.45, 2.75) is 51.9 Å². The van der Waals surface area contributed by atoms with Crippen molar-refractivity contribution in [3.63, 3.8) is 0 Å². The van der Waals surface area contributed by atoms with Gasteiger partial charge in [-0.25, -0.2) is 0 Å². The molecule has 0 radical (unpaired) electrons. The summed E-state index contributed by atoms with van der Waals surface area (Å²) in [5.41, 5.74) is 15.3. The van der Waals surface area contributed by atoms with E-state index in [2.05, 4.69) is 25.1 Å². The maximum atomic E-state index is 6.29. The molecule has 4 N–H and O–H groups in total. The number of anilines is 2. The lowest BCUT2D eigenvalue weighted by atomic mass is 9.98. The number of fused-ring (bicyclic) bond motifs is 1. The molecule has 0 saturated heterocycles. The highest BCUT2D eigenvalue weighted by molar-refractivity contribution is 6.01. The molecule has 0 bridgehead atoms. The molecule has 0 atom stereocenters. The van der Waals surface area contributed by atoms with E-state index in [1.807, 2.05) is 12.1 Å². The van der Waals surface area contributed by atoms with Crippen LogP contribution in [0.15, 0.2) is 30.3 Å². The van der Waals surface area contributed by atoms with Gasteiger partial charge in [0.15, 0.2) is 0 Å². The molecule has 2 rings (SSSR count). The summed E-state index contributed by atoms with van der Waals surface area (Å²) in [5, 5.41) is 2.16. The Morgan fingerprint density at radius 3 is 2.35 bits per heavy atom. The molecule has 0 aromatic heterocycles. The monoisotopic (exact) mass is 270 g/mol. The predicted molar refractivity (Wildman–Crippen MR) is 89.9 cm³/mol. The Balaban J connectivity index is 1.99. The third-order valence-electron chi connectivity index (χ3n) is 4.03. The fourth-order valence-corrected chi connectivity index (χ4v) is 2.76. The third kappa shape index (κ3) is 3.44. The first-order valence-corrected chi connectivity index (χ1v) is 7.79. The molecule has 2 nitrogen and oxygen atoms in total. The topological polar surface area (TPSA) is 52.0 Å². The van der Waals surface area contributed by atoms with Gasteiger partial charge in [-0.15, -0.1) is 0 Å². The van der Waals surface area contributed by atoms with Crippen molar-refractivity contribution >= 4 is 22.1 Å². The van der Waals surface area contributed by atoms with Crippen LogP contribution in [0.5, 0.6) is 0 Å². The maximum absolute atomic E-state index is 6.29. The van der Waals surface area contributed by atoms with Gasteiger partial charge >= 0.3 is 0 Å². The van der Waals surface area contributed by atoms with Crippen molar-refractivity contribution in [1.82, 2.24) is 0 Å². The minimum absolute atomic E-state index is 0.806. The molecular weight excluding hydrogens is 244 g/mol. The molecule has 108 valence electrons. The second-order valence-electron chi connectivity index (χ2n) is 5.60. The van der Waals surface area contributed by atoms with Gasteiger partial charge in [0, 0.05) is 22.1 Å². The third-order valence-corrected chi connectivity index (χ3v) is 4.03. The van der Waals surface area contributed by atoms with Crippen LogP contribution in [-0.2, 0) is 6.42 Å². The number of benzene rings is 2. The van der Waals surface area contributed by atoms with Gasteiger partial charge in [-0.3, -0.25) is 0 Å². The van der Waals surface area contributed by atoms with Crippen molar-refractivity contribution in [2.24, 2.45) is 0 Å². The molecule has 0 aliphatic heterocycles. The van der Waals surface area contributed by atoms with E-state index in [0.717, 1.165) is 28.6 Å². The number of nitrogen functional groups attached to an aromatic ring is 2. The van der Waals surface area contributed by atoms with Crippen molar-refractivity contribution in [3.05, 3.63) is 35.9 Å². The second-order valence-corrected chi connectivity index (χ2v) is 5.60. The SMILES string of the molecule is CCCCCCCCc1ccc2c(N)cccc2c1N. The second kappa shape index (κ2) is 7.18. The molecule has 0 aliphatic rings. The summed E-state index contributed by atoms with van der Waals surface area (Å²) in [6, 6.07) is 10.2. The number of unbranched alkanes of at least 4 members (excludes halogenated alkanes) is 5. The number of hydrogen-bond donors (Lipinski definition) is 2. The molecule has 0 amide bonds. The minimum Gasteiger partial charge on any atom is -0.398 e. The van der Waals surface area contributed by atoms with Gasteiger partial charge in [-0.1, -0.05) is 63.3 Å². The highest BCUT2D eigenvalue weighted by atomic mass is 14.6. The number of nitrogens with two attached hydrogens (primary N) is 2. The van der Waals surface area contributed by atoms with Crippen LogP contribution in [-0.4, -0.2) is 0 Å². The van der Waals surface area contributed by atoms with Gasteiger partial charge in [0.05, 0.1) is 0 Å². The van der Waals surface area contributed by atoms with Crippen LogP contribution < -0.4 is 11.5 Å². The zero-order valence-electron chi connectivity index (χ0n) is 12.5. The lowest BCUT2D eigenvalue weighted by molar-refractivity contribution is 0.608. The molecular formula is C18H26N2. The largest absolute Gasteiger partial charge is 0.398 e. The van der Waals surface area contributed by atoms with E-state index in [-0.39, 0.29) is 0 Å². The Labute approximate surface area is 122 Å². The predicted octanol–water partition coefficient (Wildman–Crippen LogP) is 4.91. The molecule has 0 aliphatic carbocycles. The minimum atomic E-state index is 0.806. The van der Waals surface area contributed by atoms with Crippen molar-refractivity contribution in [1.29, 1.82) is 0 Å². The van der Waals surface area contributed by atoms with Gasteiger partial charge in [0.1, 0.15) is 0 Å². The molecule has 0 unspecified atom stereocenters. The first-order valence-electron chi connectivity index (χ1n) is 7.79. The summed E-state index contributed by atoms with van der Waals surface area (Å²) in [5.74, 6) is 0. The maximum Gasteiger partial charge on any atom is 0.0427 e. The molecule has 2 aromatic carbocycles. The summed E-state index contributed by atoms with van der Waals surface area (Å²) in [7, 11) is 0. The number of rotatable bonds is 7. The van der Waals surface area contributed by atoms with Gasteiger partial charge in [0.25, 0.3) is 0 Å². The Hall–Kier alpha value is -1.70. The van der Waals surface area contributed by atoms with Crippen LogP contribution in [0.4, 0.5) is 11.4 Å². The Morgan fingerprint density at radius 1 is 0.800 bits per heavy atom. The van der Waals surface area contributed by atoms with E-state index in [4.69, 9.17) is 11.5 Å². The van der Waals surface area contributed by atoms with E-state index in [1.165, 1.54) is 44.1 Å². The zero-order valence-corrected chi connectivity index (χ0v) is 12.5. The zero-order chi connectivity index (χ0) is 14.4. The summed E-state index contributed by atoms with van der Waals surface area (Å²) in [4.78, 5) is 0. The highest BCUT2D eigenvalue weighted by Crippen LogP contribution is 2.29. The van der Waals surface area contributed by atoms with E-state index in [0.29, 0.717) is 0 Å². The van der Waals surface area contributed by atoms with Crippen molar-refractivity contribution in [3.8, 4) is 0 Å². The molecule has 0 fully saturated rings. The molecule has 2 heteroatoms. The lowest BCUT2D eigenvalue weighted by Crippen LogP contribution is -1.97. The van der Waals surface area contributed by atoms with Crippen LogP contribution in [0, 0.1) is 0 Å². The van der Waals surface area contributed by atoms with E-state index in [1.54, 1.807) is 0 Å². The smallest absolute Gasteiger partial charge is 0.0427 e. The lowest BCUT2D eigenvalue weighted by Gasteiger charge is -2.10. The molecule has 0 spiro atoms. The molecule has 0 heterocycles. The summed E-state index contributed by atoms with van der Waals surface area (Å²) in [6.07, 6.45) is 8.96. The van der Waals surface area contributed by atoms with Crippen molar-refractivity contribution in [2.75, 3.05) is 11.5 Å².